The molecule has 0 atom stereocenters. The average molecular weight is 542 g/mol. The maximum absolute atomic E-state index is 12.8. The van der Waals surface area contributed by atoms with Crippen LogP contribution in [0.3, 0.4) is 0 Å². The smallest absolute Gasteiger partial charge is 0.347 e. The maximum Gasteiger partial charge on any atom is 0.416 e. The topological polar surface area (TPSA) is 133 Å². The van der Waals surface area contributed by atoms with Crippen molar-refractivity contribution in [1.82, 2.24) is 45.6 Å². The highest BCUT2D eigenvalue weighted by molar-refractivity contribution is 5.92. The quantitative estimate of drug-likeness (QED) is 0.279. The summed E-state index contributed by atoms with van der Waals surface area (Å²) in [5, 5.41) is 21.0. The molecule has 4 aromatic rings. The number of aromatic nitrogens is 7. The zero-order valence-corrected chi connectivity index (χ0v) is 21.0. The molecule has 0 radical (unpaired) electrons. The summed E-state index contributed by atoms with van der Waals surface area (Å²) >= 11 is 0. The molecule has 0 spiro atoms. The van der Waals surface area contributed by atoms with Crippen molar-refractivity contribution >= 4 is 11.8 Å². The Morgan fingerprint density at radius 1 is 0.872 bits per heavy atom. The largest absolute Gasteiger partial charge is 0.416 e. The molecular formula is C25H26F3N9O2. The molecule has 3 heterocycles. The van der Waals surface area contributed by atoms with Crippen LogP contribution >= 0.6 is 0 Å². The van der Waals surface area contributed by atoms with Crippen molar-refractivity contribution in [3.8, 4) is 0 Å². The monoisotopic (exact) mass is 541 g/mol. The Kier molecular flexibility index (Phi) is 8.63. The van der Waals surface area contributed by atoms with E-state index in [4.69, 9.17) is 0 Å². The Labute approximate surface area is 221 Å². The van der Waals surface area contributed by atoms with Gasteiger partial charge in [0.25, 0.3) is 11.8 Å². The SMILES string of the molecule is Cc1cccc(CNC(=O)c2cn(CCCCn3cc(C(=O)NCc4cc(C(F)(F)F)ccn4)nn3)nn2)c1. The third kappa shape index (κ3) is 7.93. The molecule has 2 N–H and O–H groups in total. The molecule has 1 aromatic carbocycles. The number of aryl methyl sites for hydroxylation is 3. The van der Waals surface area contributed by atoms with Crippen LogP contribution in [-0.4, -0.2) is 46.8 Å². The van der Waals surface area contributed by atoms with Crippen molar-refractivity contribution in [2.45, 2.75) is 52.1 Å². The predicted octanol–water partition coefficient (Wildman–Crippen LogP) is 2.93. The fourth-order valence-electron chi connectivity index (χ4n) is 3.68. The van der Waals surface area contributed by atoms with Crippen LogP contribution in [0.4, 0.5) is 13.2 Å². The third-order valence-corrected chi connectivity index (χ3v) is 5.68. The van der Waals surface area contributed by atoms with E-state index in [-0.39, 0.29) is 29.5 Å². The van der Waals surface area contributed by atoms with E-state index in [1.54, 1.807) is 10.9 Å². The summed E-state index contributed by atoms with van der Waals surface area (Å²) in [4.78, 5) is 28.5. The number of hydrogen-bond donors (Lipinski definition) is 2. The van der Waals surface area contributed by atoms with E-state index in [9.17, 15) is 22.8 Å². The van der Waals surface area contributed by atoms with Crippen LogP contribution in [0.15, 0.2) is 55.0 Å². The van der Waals surface area contributed by atoms with Gasteiger partial charge in [-0.15, -0.1) is 10.2 Å². The highest BCUT2D eigenvalue weighted by atomic mass is 19.4. The lowest BCUT2D eigenvalue weighted by Gasteiger charge is -2.08. The maximum atomic E-state index is 12.8. The highest BCUT2D eigenvalue weighted by Crippen LogP contribution is 2.28. The van der Waals surface area contributed by atoms with Crippen molar-refractivity contribution in [2.24, 2.45) is 0 Å². The Morgan fingerprint density at radius 2 is 1.49 bits per heavy atom. The molecule has 0 saturated carbocycles. The number of unbranched alkanes of at least 4 members (excludes halogenated alkanes) is 1. The molecule has 0 aliphatic heterocycles. The summed E-state index contributed by atoms with van der Waals surface area (Å²) in [7, 11) is 0. The summed E-state index contributed by atoms with van der Waals surface area (Å²) in [6.07, 6.45) is 0.993. The van der Waals surface area contributed by atoms with Crippen LogP contribution in [0.25, 0.3) is 0 Å². The van der Waals surface area contributed by atoms with Gasteiger partial charge in [-0.1, -0.05) is 40.3 Å². The molecule has 2 amide bonds. The predicted molar refractivity (Wildman–Crippen MR) is 132 cm³/mol. The summed E-state index contributed by atoms with van der Waals surface area (Å²) in [6, 6.07) is 9.61. The molecule has 14 heteroatoms. The third-order valence-electron chi connectivity index (χ3n) is 5.68. The number of alkyl halides is 3. The number of hydrogen-bond acceptors (Lipinski definition) is 7. The first-order chi connectivity index (χ1) is 18.7. The van der Waals surface area contributed by atoms with Crippen LogP contribution in [-0.2, 0) is 32.4 Å². The molecule has 204 valence electrons. The average Bonchev–Trinajstić information content (AvgIpc) is 3.58. The number of amides is 2. The zero-order chi connectivity index (χ0) is 27.8. The molecular weight excluding hydrogens is 515 g/mol. The number of nitrogens with one attached hydrogen (secondary N) is 2. The van der Waals surface area contributed by atoms with E-state index >= 15 is 0 Å². The van der Waals surface area contributed by atoms with Crippen LogP contribution in [0.2, 0.25) is 0 Å². The molecule has 11 nitrogen and oxygen atoms in total. The fraction of sp³-hybridized carbons (Fsp3) is 0.320. The first-order valence-corrected chi connectivity index (χ1v) is 12.1. The lowest BCUT2D eigenvalue weighted by molar-refractivity contribution is -0.137. The van der Waals surface area contributed by atoms with Crippen LogP contribution < -0.4 is 10.6 Å². The van der Waals surface area contributed by atoms with Gasteiger partial charge < -0.3 is 10.6 Å². The van der Waals surface area contributed by atoms with Gasteiger partial charge in [0.15, 0.2) is 11.4 Å². The molecule has 0 fully saturated rings. The standard InChI is InChI=1S/C25H26F3N9O2/c1-17-5-4-6-18(11-17)13-30-23(38)21-15-36(34-32-21)9-2-3-10-37-16-22(33-35-37)24(39)31-14-20-12-19(7-8-29-20)25(26,27)28/h4-8,11-12,15-16H,2-3,9-10,13-14H2,1H3,(H,30,38)(H,31,39). The molecule has 3 aromatic heterocycles. The summed E-state index contributed by atoms with van der Waals surface area (Å²) in [6.45, 7) is 3.21. The number of halogens is 3. The molecule has 0 aliphatic rings. The van der Waals surface area contributed by atoms with Crippen molar-refractivity contribution in [1.29, 1.82) is 0 Å². The van der Waals surface area contributed by atoms with Gasteiger partial charge in [0.1, 0.15) is 0 Å². The number of nitrogens with zero attached hydrogens (tertiary/aromatic N) is 7. The van der Waals surface area contributed by atoms with Crippen LogP contribution in [0, 0.1) is 6.92 Å². The van der Waals surface area contributed by atoms with Gasteiger partial charge in [-0.2, -0.15) is 13.2 Å². The van der Waals surface area contributed by atoms with Gasteiger partial charge in [0.05, 0.1) is 30.2 Å². The fourth-order valence-corrected chi connectivity index (χ4v) is 3.68. The van der Waals surface area contributed by atoms with Gasteiger partial charge in [-0.05, 0) is 37.5 Å². The summed E-state index contributed by atoms with van der Waals surface area (Å²) in [5.41, 5.74) is 1.62. The van der Waals surface area contributed by atoms with E-state index in [0.29, 0.717) is 32.5 Å². The van der Waals surface area contributed by atoms with E-state index < -0.39 is 17.6 Å². The molecule has 0 unspecified atom stereocenters. The van der Waals surface area contributed by atoms with Crippen LogP contribution in [0.1, 0.15) is 56.2 Å². The number of benzene rings is 1. The molecule has 4 rings (SSSR count). The van der Waals surface area contributed by atoms with Crippen LogP contribution in [0.5, 0.6) is 0 Å². The van der Waals surface area contributed by atoms with E-state index in [1.807, 2.05) is 31.2 Å². The normalized spacial score (nSPS) is 11.4. The Bertz CT molecular complexity index is 1430. The number of pyridine rings is 1. The van der Waals surface area contributed by atoms with Gasteiger partial charge in [-0.25, -0.2) is 0 Å². The van der Waals surface area contributed by atoms with Gasteiger partial charge in [0, 0.05) is 25.8 Å². The van der Waals surface area contributed by atoms with Crippen molar-refractivity contribution in [3.05, 3.63) is 88.8 Å². The minimum atomic E-state index is -4.49. The van der Waals surface area contributed by atoms with E-state index in [1.165, 1.54) is 10.9 Å². The lowest BCUT2D eigenvalue weighted by Crippen LogP contribution is -2.24. The minimum Gasteiger partial charge on any atom is -0.347 e. The molecule has 0 saturated heterocycles. The zero-order valence-electron chi connectivity index (χ0n) is 21.0. The van der Waals surface area contributed by atoms with Gasteiger partial charge >= 0.3 is 6.18 Å². The van der Waals surface area contributed by atoms with E-state index in [0.717, 1.165) is 29.5 Å². The highest BCUT2D eigenvalue weighted by Gasteiger charge is 2.30. The summed E-state index contributed by atoms with van der Waals surface area (Å²) in [5.74, 6) is -0.878. The van der Waals surface area contributed by atoms with Crippen molar-refractivity contribution in [2.75, 3.05) is 0 Å². The number of rotatable bonds is 11. The Morgan fingerprint density at radius 3 is 2.08 bits per heavy atom. The second kappa shape index (κ2) is 12.3. The van der Waals surface area contributed by atoms with Crippen molar-refractivity contribution in [3.63, 3.8) is 0 Å². The second-order valence-electron chi connectivity index (χ2n) is 8.83. The number of carbonyl (C=O) groups excluding carboxylic acids is 2. The second-order valence-corrected chi connectivity index (χ2v) is 8.83. The number of carbonyl (C=O) groups is 2. The van der Waals surface area contributed by atoms with Crippen molar-refractivity contribution < 1.29 is 22.8 Å². The first-order valence-electron chi connectivity index (χ1n) is 12.1. The molecule has 39 heavy (non-hydrogen) atoms. The molecule has 0 aliphatic carbocycles. The van der Waals surface area contributed by atoms with E-state index in [2.05, 4.69) is 36.2 Å². The van der Waals surface area contributed by atoms with Gasteiger partial charge in [0.2, 0.25) is 0 Å². The summed E-state index contributed by atoms with van der Waals surface area (Å²) < 4.78 is 41.6. The van der Waals surface area contributed by atoms with Gasteiger partial charge in [-0.3, -0.25) is 23.9 Å². The molecule has 0 bridgehead atoms. The Hall–Kier alpha value is -4.62. The first kappa shape index (κ1) is 27.4. The Balaban J connectivity index is 1.17. The lowest BCUT2D eigenvalue weighted by atomic mass is 10.1. The minimum absolute atomic E-state index is 0.0413.